The predicted octanol–water partition coefficient (Wildman–Crippen LogP) is 2.89. The topological polar surface area (TPSA) is 75.6 Å². The maximum atomic E-state index is 12.2. The predicted molar refractivity (Wildman–Crippen MR) is 72.2 cm³/mol. The Morgan fingerprint density at radius 1 is 1.23 bits per heavy atom. The molecule has 1 aromatic carbocycles. The standard InChI is InChI=1S/C12H10Cl2F3NO4/c13-6-1-7(14)3-8(2-6)22-5-10(19)18-9(11(20)21)4-12(15,16)17/h1-3,9H,4-5H2,(H,18,19)(H,20,21). The molecule has 0 aromatic heterocycles. The number of hydrogen-bond donors (Lipinski definition) is 2. The molecule has 122 valence electrons. The third kappa shape index (κ3) is 6.86. The number of halogens is 5. The smallest absolute Gasteiger partial charge is 0.391 e. The summed E-state index contributed by atoms with van der Waals surface area (Å²) in [6.07, 6.45) is -6.41. The van der Waals surface area contributed by atoms with Crippen LogP contribution in [0.25, 0.3) is 0 Å². The Hall–Kier alpha value is -1.67. The van der Waals surface area contributed by atoms with E-state index < -0.39 is 37.1 Å². The highest BCUT2D eigenvalue weighted by Gasteiger charge is 2.36. The molecule has 0 fully saturated rings. The van der Waals surface area contributed by atoms with Gasteiger partial charge < -0.3 is 15.2 Å². The molecule has 5 nitrogen and oxygen atoms in total. The van der Waals surface area contributed by atoms with Crippen LogP contribution in [0.2, 0.25) is 10.0 Å². The van der Waals surface area contributed by atoms with E-state index in [-0.39, 0.29) is 15.8 Å². The third-order valence-electron chi connectivity index (χ3n) is 2.27. The molecule has 22 heavy (non-hydrogen) atoms. The van der Waals surface area contributed by atoms with Crippen LogP contribution in [-0.2, 0) is 9.59 Å². The molecule has 1 unspecified atom stereocenters. The fraction of sp³-hybridized carbons (Fsp3) is 0.333. The lowest BCUT2D eigenvalue weighted by Crippen LogP contribution is -2.45. The number of ether oxygens (including phenoxy) is 1. The molecule has 1 atom stereocenters. The van der Waals surface area contributed by atoms with Crippen LogP contribution in [0.15, 0.2) is 18.2 Å². The van der Waals surface area contributed by atoms with Gasteiger partial charge in [0.05, 0.1) is 6.42 Å². The number of hydrogen-bond acceptors (Lipinski definition) is 3. The molecule has 0 spiro atoms. The summed E-state index contributed by atoms with van der Waals surface area (Å²) in [5.74, 6) is -2.69. The highest BCUT2D eigenvalue weighted by molar-refractivity contribution is 6.34. The van der Waals surface area contributed by atoms with Gasteiger partial charge in [-0.25, -0.2) is 4.79 Å². The van der Waals surface area contributed by atoms with E-state index in [9.17, 15) is 22.8 Å². The molecular weight excluding hydrogens is 350 g/mol. The number of carbonyl (C=O) groups excluding carboxylic acids is 1. The number of rotatable bonds is 6. The Morgan fingerprint density at radius 2 is 1.77 bits per heavy atom. The van der Waals surface area contributed by atoms with Gasteiger partial charge >= 0.3 is 12.1 Å². The van der Waals surface area contributed by atoms with Crippen molar-refractivity contribution in [2.45, 2.75) is 18.6 Å². The number of aliphatic carboxylic acids is 1. The van der Waals surface area contributed by atoms with E-state index in [2.05, 4.69) is 0 Å². The van der Waals surface area contributed by atoms with Gasteiger partial charge in [0.25, 0.3) is 5.91 Å². The van der Waals surface area contributed by atoms with Crippen molar-refractivity contribution >= 4 is 35.1 Å². The first kappa shape index (κ1) is 18.4. The van der Waals surface area contributed by atoms with Crippen molar-refractivity contribution < 1.29 is 32.6 Å². The van der Waals surface area contributed by atoms with Gasteiger partial charge in [-0.15, -0.1) is 0 Å². The summed E-state index contributed by atoms with van der Waals surface area (Å²) in [7, 11) is 0. The van der Waals surface area contributed by atoms with Crippen molar-refractivity contribution in [3.63, 3.8) is 0 Å². The van der Waals surface area contributed by atoms with Crippen LogP contribution in [0.1, 0.15) is 6.42 Å². The SMILES string of the molecule is O=C(COc1cc(Cl)cc(Cl)c1)NC(CC(F)(F)F)C(=O)O. The molecule has 0 aliphatic heterocycles. The molecule has 0 bridgehead atoms. The minimum Gasteiger partial charge on any atom is -0.484 e. The molecule has 10 heteroatoms. The Kier molecular flexibility index (Phi) is 6.31. The molecule has 0 heterocycles. The summed E-state index contributed by atoms with van der Waals surface area (Å²) in [5, 5.41) is 10.9. The van der Waals surface area contributed by atoms with Crippen LogP contribution in [0.3, 0.4) is 0 Å². The average molecular weight is 360 g/mol. The Balaban J connectivity index is 2.58. The third-order valence-corrected chi connectivity index (χ3v) is 2.71. The number of benzene rings is 1. The van der Waals surface area contributed by atoms with Gasteiger partial charge in [-0.1, -0.05) is 23.2 Å². The number of carboxylic acid groups (broad SMARTS) is 1. The Bertz CT molecular complexity index is 546. The van der Waals surface area contributed by atoms with Crippen molar-refractivity contribution in [1.82, 2.24) is 5.32 Å². The van der Waals surface area contributed by atoms with E-state index in [1.165, 1.54) is 18.2 Å². The highest BCUT2D eigenvalue weighted by atomic mass is 35.5. The van der Waals surface area contributed by atoms with E-state index in [1.807, 2.05) is 0 Å². The van der Waals surface area contributed by atoms with Gasteiger partial charge in [0.1, 0.15) is 11.8 Å². The van der Waals surface area contributed by atoms with E-state index in [0.29, 0.717) is 0 Å². The maximum absolute atomic E-state index is 12.2. The minimum absolute atomic E-state index is 0.121. The van der Waals surface area contributed by atoms with E-state index in [4.69, 9.17) is 33.0 Å². The fourth-order valence-electron chi connectivity index (χ4n) is 1.43. The van der Waals surface area contributed by atoms with Crippen LogP contribution >= 0.6 is 23.2 Å². The zero-order valence-electron chi connectivity index (χ0n) is 10.8. The molecule has 1 aromatic rings. The Morgan fingerprint density at radius 3 is 2.23 bits per heavy atom. The summed E-state index contributed by atoms with van der Waals surface area (Å²) in [6, 6.07) is 2.01. The lowest BCUT2D eigenvalue weighted by Gasteiger charge is -2.16. The Labute approximate surface area is 133 Å². The van der Waals surface area contributed by atoms with Gasteiger partial charge in [-0.3, -0.25) is 4.79 Å². The van der Waals surface area contributed by atoms with Crippen LogP contribution in [0, 0.1) is 0 Å². The average Bonchev–Trinajstić information content (AvgIpc) is 2.32. The van der Waals surface area contributed by atoms with Gasteiger partial charge in [0.2, 0.25) is 0 Å². The minimum atomic E-state index is -4.72. The van der Waals surface area contributed by atoms with Crippen molar-refractivity contribution in [1.29, 1.82) is 0 Å². The van der Waals surface area contributed by atoms with Crippen molar-refractivity contribution in [3.8, 4) is 5.75 Å². The molecule has 1 rings (SSSR count). The quantitative estimate of drug-likeness (QED) is 0.818. The zero-order valence-corrected chi connectivity index (χ0v) is 12.3. The number of alkyl halides is 3. The molecule has 2 N–H and O–H groups in total. The highest BCUT2D eigenvalue weighted by Crippen LogP contribution is 2.24. The monoisotopic (exact) mass is 359 g/mol. The van der Waals surface area contributed by atoms with Crippen molar-refractivity contribution in [2.24, 2.45) is 0 Å². The van der Waals surface area contributed by atoms with Gasteiger partial charge in [-0.2, -0.15) is 13.2 Å². The maximum Gasteiger partial charge on any atom is 0.391 e. The molecular formula is C12H10Cl2F3NO4. The summed E-state index contributed by atoms with van der Waals surface area (Å²) in [5.41, 5.74) is 0. The second-order valence-corrected chi connectivity index (χ2v) is 5.04. The second-order valence-electron chi connectivity index (χ2n) is 4.17. The summed E-state index contributed by atoms with van der Waals surface area (Å²) in [4.78, 5) is 22.1. The number of amides is 1. The van der Waals surface area contributed by atoms with Gasteiger partial charge in [0, 0.05) is 10.0 Å². The van der Waals surface area contributed by atoms with Crippen LogP contribution in [0.4, 0.5) is 13.2 Å². The number of carboxylic acids is 1. The zero-order chi connectivity index (χ0) is 16.9. The summed E-state index contributed by atoms with van der Waals surface area (Å²) in [6.45, 7) is -0.682. The first-order valence-corrected chi connectivity index (χ1v) is 6.50. The van der Waals surface area contributed by atoms with Gasteiger partial charge in [0.15, 0.2) is 6.61 Å². The fourth-order valence-corrected chi connectivity index (χ4v) is 1.93. The van der Waals surface area contributed by atoms with Gasteiger partial charge in [-0.05, 0) is 18.2 Å². The molecule has 0 saturated heterocycles. The summed E-state index contributed by atoms with van der Waals surface area (Å²) >= 11 is 11.4. The molecule has 0 aliphatic rings. The molecule has 0 aliphatic carbocycles. The number of nitrogens with one attached hydrogen (secondary N) is 1. The van der Waals surface area contributed by atoms with Crippen molar-refractivity contribution in [3.05, 3.63) is 28.2 Å². The van der Waals surface area contributed by atoms with Crippen LogP contribution < -0.4 is 10.1 Å². The van der Waals surface area contributed by atoms with E-state index in [0.717, 1.165) is 0 Å². The van der Waals surface area contributed by atoms with E-state index in [1.54, 1.807) is 5.32 Å². The molecule has 0 saturated carbocycles. The normalized spacial score (nSPS) is 12.6. The number of carbonyl (C=O) groups is 2. The largest absolute Gasteiger partial charge is 0.484 e. The molecule has 0 radical (unpaired) electrons. The van der Waals surface area contributed by atoms with E-state index >= 15 is 0 Å². The lowest BCUT2D eigenvalue weighted by molar-refractivity contribution is -0.160. The first-order chi connectivity index (χ1) is 10.1. The second kappa shape index (κ2) is 7.55. The molecule has 1 amide bonds. The lowest BCUT2D eigenvalue weighted by atomic mass is 10.2. The first-order valence-electron chi connectivity index (χ1n) is 5.74. The van der Waals surface area contributed by atoms with Crippen LogP contribution in [0.5, 0.6) is 5.75 Å². The summed E-state index contributed by atoms with van der Waals surface area (Å²) < 4.78 is 41.5. The van der Waals surface area contributed by atoms with Crippen molar-refractivity contribution in [2.75, 3.05) is 6.61 Å². The van der Waals surface area contributed by atoms with Crippen LogP contribution in [-0.4, -0.2) is 35.8 Å².